The van der Waals surface area contributed by atoms with Crippen molar-refractivity contribution < 1.29 is 26.4 Å². The third kappa shape index (κ3) is 5.27. The molecular formula is C14H18ClF3N2O3S. The van der Waals surface area contributed by atoms with Crippen molar-refractivity contribution in [2.45, 2.75) is 45.2 Å². The Labute approximate surface area is 143 Å². The van der Waals surface area contributed by atoms with E-state index in [0.717, 1.165) is 6.07 Å². The van der Waals surface area contributed by atoms with Crippen LogP contribution in [0.2, 0.25) is 5.02 Å². The summed E-state index contributed by atoms with van der Waals surface area (Å²) in [6.07, 6.45) is 1.27. The van der Waals surface area contributed by atoms with Crippen LogP contribution in [0.4, 0.5) is 18.9 Å². The van der Waals surface area contributed by atoms with E-state index in [9.17, 15) is 21.6 Å². The van der Waals surface area contributed by atoms with E-state index in [4.69, 9.17) is 16.4 Å². The minimum absolute atomic E-state index is 0.0984. The minimum atomic E-state index is -5.55. The molecule has 1 aromatic carbocycles. The highest BCUT2D eigenvalue weighted by Gasteiger charge is 2.46. The molecule has 0 atom stereocenters. The quantitative estimate of drug-likeness (QED) is 0.553. The number of hydrogen-bond donors (Lipinski definition) is 1. The van der Waals surface area contributed by atoms with Gasteiger partial charge in [-0.25, -0.2) is 0 Å². The Hall–Kier alpha value is -1.48. The van der Waals surface area contributed by atoms with Crippen LogP contribution in [0.5, 0.6) is 0 Å². The first kappa shape index (κ1) is 20.6. The fourth-order valence-electron chi connectivity index (χ4n) is 1.75. The monoisotopic (exact) mass is 386 g/mol. The molecule has 0 unspecified atom stereocenters. The van der Waals surface area contributed by atoms with Crippen LogP contribution < -0.4 is 4.72 Å². The Balaban J connectivity index is 3.20. The van der Waals surface area contributed by atoms with Crippen LogP contribution >= 0.6 is 11.6 Å². The van der Waals surface area contributed by atoms with Gasteiger partial charge in [0, 0.05) is 10.6 Å². The van der Waals surface area contributed by atoms with Crippen molar-refractivity contribution in [3.8, 4) is 0 Å². The lowest BCUT2D eigenvalue weighted by Crippen LogP contribution is -2.30. The highest BCUT2D eigenvalue weighted by atomic mass is 35.5. The molecule has 0 saturated heterocycles. The first-order chi connectivity index (χ1) is 11.0. The fourth-order valence-corrected chi connectivity index (χ4v) is 2.50. The van der Waals surface area contributed by atoms with Gasteiger partial charge in [0.15, 0.2) is 0 Å². The average Bonchev–Trinajstić information content (AvgIpc) is 2.48. The van der Waals surface area contributed by atoms with Gasteiger partial charge in [-0.05, 0) is 38.0 Å². The second-order valence-corrected chi connectivity index (χ2v) is 7.07. The molecule has 0 aliphatic carbocycles. The van der Waals surface area contributed by atoms with Crippen molar-refractivity contribution >= 4 is 33.0 Å². The predicted octanol–water partition coefficient (Wildman–Crippen LogP) is 4.53. The van der Waals surface area contributed by atoms with Crippen molar-refractivity contribution in [3.05, 3.63) is 28.8 Å². The maximum atomic E-state index is 12.5. The summed E-state index contributed by atoms with van der Waals surface area (Å²) < 4.78 is 61.7. The molecule has 1 aromatic rings. The molecule has 24 heavy (non-hydrogen) atoms. The van der Waals surface area contributed by atoms with Crippen LogP contribution in [0.3, 0.4) is 0 Å². The lowest BCUT2D eigenvalue weighted by molar-refractivity contribution is -0.0429. The summed E-state index contributed by atoms with van der Waals surface area (Å²) >= 11 is 5.84. The molecule has 0 fully saturated rings. The zero-order chi connectivity index (χ0) is 18.5. The average molecular weight is 387 g/mol. The third-order valence-electron chi connectivity index (χ3n) is 3.17. The maximum Gasteiger partial charge on any atom is 0.516 e. The number of nitrogens with one attached hydrogen (secondary N) is 1. The number of benzene rings is 1. The Morgan fingerprint density at radius 2 is 1.92 bits per heavy atom. The predicted molar refractivity (Wildman–Crippen MR) is 87.7 cm³/mol. The second kappa shape index (κ2) is 8.06. The second-order valence-electron chi connectivity index (χ2n) is 4.96. The van der Waals surface area contributed by atoms with Crippen molar-refractivity contribution in [2.24, 2.45) is 5.16 Å². The molecule has 0 aromatic heterocycles. The zero-order valence-corrected chi connectivity index (χ0v) is 14.9. The van der Waals surface area contributed by atoms with Crippen LogP contribution in [-0.2, 0) is 14.9 Å². The number of alkyl halides is 3. The Bertz CT molecular complexity index is 702. The van der Waals surface area contributed by atoms with E-state index < -0.39 is 15.5 Å². The summed E-state index contributed by atoms with van der Waals surface area (Å²) in [4.78, 5) is 5.29. The number of oxime groups is 1. The van der Waals surface area contributed by atoms with Crippen molar-refractivity contribution in [2.75, 3.05) is 4.72 Å². The molecule has 0 spiro atoms. The van der Waals surface area contributed by atoms with Crippen LogP contribution in [0, 0.1) is 0 Å². The molecule has 1 N–H and O–H groups in total. The highest BCUT2D eigenvalue weighted by molar-refractivity contribution is 7.93. The number of halogens is 4. The largest absolute Gasteiger partial charge is 0.516 e. The molecule has 0 amide bonds. The first-order valence-corrected chi connectivity index (χ1v) is 8.97. The molecule has 10 heteroatoms. The standard InChI is InChI=1S/C14H18ClF3N2O3S/c1-4-11(5-2)23-19-9(3)12-8-10(15)6-7-13(12)20-24(21,22)14(16,17)18/h6-8,11,20H,4-5H2,1-3H3/b19-9+. The van der Waals surface area contributed by atoms with E-state index in [1.54, 1.807) is 0 Å². The Kier molecular flexibility index (Phi) is 6.91. The topological polar surface area (TPSA) is 67.8 Å². The summed E-state index contributed by atoms with van der Waals surface area (Å²) in [5, 5.41) is 4.09. The number of rotatable bonds is 7. The first-order valence-electron chi connectivity index (χ1n) is 7.11. The lowest BCUT2D eigenvalue weighted by atomic mass is 10.1. The van der Waals surface area contributed by atoms with Gasteiger partial charge in [0.1, 0.15) is 6.10 Å². The maximum absolute atomic E-state index is 12.5. The van der Waals surface area contributed by atoms with E-state index in [1.165, 1.54) is 23.8 Å². The van der Waals surface area contributed by atoms with Crippen molar-refractivity contribution in [1.29, 1.82) is 0 Å². The van der Waals surface area contributed by atoms with Crippen LogP contribution in [0.25, 0.3) is 0 Å². The van der Waals surface area contributed by atoms with Gasteiger partial charge in [0.2, 0.25) is 0 Å². The zero-order valence-electron chi connectivity index (χ0n) is 13.3. The number of anilines is 1. The van der Waals surface area contributed by atoms with Gasteiger partial charge in [0.25, 0.3) is 0 Å². The molecule has 0 radical (unpaired) electrons. The highest BCUT2D eigenvalue weighted by Crippen LogP contribution is 2.29. The number of nitrogens with zero attached hydrogens (tertiary/aromatic N) is 1. The number of hydrogen-bond acceptors (Lipinski definition) is 4. The van der Waals surface area contributed by atoms with Gasteiger partial charge in [-0.3, -0.25) is 4.72 Å². The summed E-state index contributed by atoms with van der Waals surface area (Å²) in [6, 6.07) is 3.72. The SMILES string of the molecule is CCC(CC)O/N=C(\C)c1cc(Cl)ccc1NS(=O)(=O)C(F)(F)F. The summed E-state index contributed by atoms with van der Waals surface area (Å²) in [6.45, 7) is 5.29. The van der Waals surface area contributed by atoms with Gasteiger partial charge in [-0.2, -0.15) is 21.6 Å². The van der Waals surface area contributed by atoms with Gasteiger partial charge in [0.05, 0.1) is 11.4 Å². The summed E-state index contributed by atoms with van der Waals surface area (Å²) in [7, 11) is -5.55. The fraction of sp³-hybridized carbons (Fsp3) is 0.500. The van der Waals surface area contributed by atoms with Crippen LogP contribution in [-0.4, -0.2) is 25.7 Å². The summed E-state index contributed by atoms with van der Waals surface area (Å²) in [5.41, 5.74) is -5.42. The summed E-state index contributed by atoms with van der Waals surface area (Å²) in [5.74, 6) is 0. The van der Waals surface area contributed by atoms with Gasteiger partial charge in [-0.1, -0.05) is 30.6 Å². The Morgan fingerprint density at radius 1 is 1.33 bits per heavy atom. The van der Waals surface area contributed by atoms with Gasteiger partial charge in [-0.15, -0.1) is 0 Å². The molecule has 136 valence electrons. The molecule has 0 saturated carbocycles. The molecule has 0 aliphatic rings. The van der Waals surface area contributed by atoms with Gasteiger partial charge >= 0.3 is 15.5 Å². The molecule has 5 nitrogen and oxygen atoms in total. The normalized spacial score (nSPS) is 13.2. The van der Waals surface area contributed by atoms with Crippen molar-refractivity contribution in [1.82, 2.24) is 0 Å². The molecule has 0 aliphatic heterocycles. The van der Waals surface area contributed by atoms with E-state index in [2.05, 4.69) is 5.16 Å². The van der Waals surface area contributed by atoms with Crippen LogP contribution in [0.1, 0.15) is 39.2 Å². The number of sulfonamides is 1. The molecule has 1 rings (SSSR count). The van der Waals surface area contributed by atoms with Crippen molar-refractivity contribution in [3.63, 3.8) is 0 Å². The molecule has 0 heterocycles. The van der Waals surface area contributed by atoms with E-state index in [0.29, 0.717) is 12.8 Å². The molecular weight excluding hydrogens is 369 g/mol. The smallest absolute Gasteiger partial charge is 0.392 e. The minimum Gasteiger partial charge on any atom is -0.392 e. The van der Waals surface area contributed by atoms with Gasteiger partial charge < -0.3 is 4.84 Å². The van der Waals surface area contributed by atoms with Crippen LogP contribution in [0.15, 0.2) is 23.4 Å². The lowest BCUT2D eigenvalue weighted by Gasteiger charge is -2.15. The van der Waals surface area contributed by atoms with E-state index >= 15 is 0 Å². The van der Waals surface area contributed by atoms with E-state index in [-0.39, 0.29) is 28.1 Å². The Morgan fingerprint density at radius 3 is 2.42 bits per heavy atom. The van der Waals surface area contributed by atoms with E-state index in [1.807, 2.05) is 13.8 Å². The molecule has 0 bridgehead atoms. The third-order valence-corrected chi connectivity index (χ3v) is 4.50.